The topological polar surface area (TPSA) is 129 Å². The van der Waals surface area contributed by atoms with Gasteiger partial charge in [0.05, 0.1) is 43.1 Å². The highest BCUT2D eigenvalue weighted by atomic mass is 32.2. The molecule has 1 aromatic carbocycles. The Morgan fingerprint density at radius 1 is 1.11 bits per heavy atom. The Balaban J connectivity index is 1.43. The summed E-state index contributed by atoms with van der Waals surface area (Å²) in [6, 6.07) is 4.49. The molecule has 38 heavy (non-hydrogen) atoms. The van der Waals surface area contributed by atoms with Crippen LogP contribution in [-0.2, 0) is 14.4 Å². The standard InChI is InChI=1S/C27H30N2O7S2/c1-10(2)7-14(26(32)33)29-24(30)19-12-9-13(20(19)25(29)31)21-18(12)17(22-23(37-21)28-27(34)38-22)11-5-6-15(35-3)16(8-11)36-4/h5-6,8,10,12-14,17-21H,7,9H2,1-4H3,(H,28,34)(H,32,33)/p-1. The molecule has 6 rings (SSSR count). The van der Waals surface area contributed by atoms with E-state index in [9.17, 15) is 24.3 Å². The SMILES string of the molecule is COc1ccc(C2c3sc(=O)[nH]c3SC3C4CC(C5C(=O)N(C(CC(C)C)C(=O)[O-])C(=O)C45)C23)cc1OC. The number of hydrogen-bond donors (Lipinski definition) is 1. The van der Waals surface area contributed by atoms with Crippen LogP contribution in [0.25, 0.3) is 0 Å². The van der Waals surface area contributed by atoms with Crippen molar-refractivity contribution in [2.75, 3.05) is 14.2 Å². The highest BCUT2D eigenvalue weighted by molar-refractivity contribution is 8.00. The second-order valence-corrected chi connectivity index (χ2v) is 13.3. The van der Waals surface area contributed by atoms with E-state index in [1.165, 1.54) is 11.3 Å². The van der Waals surface area contributed by atoms with Crippen molar-refractivity contribution in [2.24, 2.45) is 35.5 Å². The van der Waals surface area contributed by atoms with Crippen molar-refractivity contribution < 1.29 is 29.0 Å². The second-order valence-electron chi connectivity index (χ2n) is 11.1. The first kappa shape index (κ1) is 25.5. The Bertz CT molecular complexity index is 1380. The molecule has 2 bridgehead atoms. The molecule has 2 aliphatic carbocycles. The van der Waals surface area contributed by atoms with E-state index in [1.54, 1.807) is 26.0 Å². The zero-order valence-electron chi connectivity index (χ0n) is 21.5. The fraction of sp³-hybridized carbons (Fsp3) is 0.556. The van der Waals surface area contributed by atoms with E-state index in [2.05, 4.69) is 4.98 Å². The molecule has 2 saturated carbocycles. The molecule has 0 radical (unpaired) electrons. The highest BCUT2D eigenvalue weighted by Crippen LogP contribution is 2.68. The molecule has 1 N–H and O–H groups in total. The van der Waals surface area contributed by atoms with Crippen molar-refractivity contribution in [3.63, 3.8) is 0 Å². The highest BCUT2D eigenvalue weighted by Gasteiger charge is 2.70. The molecule has 2 aromatic rings. The van der Waals surface area contributed by atoms with Gasteiger partial charge in [0.25, 0.3) is 0 Å². The van der Waals surface area contributed by atoms with Gasteiger partial charge in [0.1, 0.15) is 0 Å². The summed E-state index contributed by atoms with van der Waals surface area (Å²) in [4.78, 5) is 56.7. The van der Waals surface area contributed by atoms with E-state index < -0.39 is 23.8 Å². The molecule has 4 aliphatic rings. The number of ether oxygens (including phenoxy) is 2. The van der Waals surface area contributed by atoms with E-state index in [0.717, 1.165) is 26.8 Å². The summed E-state index contributed by atoms with van der Waals surface area (Å²) in [7, 11) is 3.15. The molecule has 2 aliphatic heterocycles. The third-order valence-corrected chi connectivity index (χ3v) is 11.4. The predicted octanol–water partition coefficient (Wildman–Crippen LogP) is 2.09. The van der Waals surface area contributed by atoms with Gasteiger partial charge >= 0.3 is 4.87 Å². The van der Waals surface area contributed by atoms with Crippen LogP contribution in [0.1, 0.15) is 43.0 Å². The molecule has 8 unspecified atom stereocenters. The number of methoxy groups -OCH3 is 2. The first-order valence-electron chi connectivity index (χ1n) is 12.9. The number of nitrogens with zero attached hydrogens (tertiary/aromatic N) is 1. The van der Waals surface area contributed by atoms with Crippen molar-refractivity contribution in [3.05, 3.63) is 38.3 Å². The molecule has 202 valence electrons. The minimum Gasteiger partial charge on any atom is -0.548 e. The predicted molar refractivity (Wildman–Crippen MR) is 138 cm³/mol. The van der Waals surface area contributed by atoms with Crippen LogP contribution in [0.15, 0.2) is 28.0 Å². The van der Waals surface area contributed by atoms with E-state index in [-0.39, 0.29) is 57.9 Å². The summed E-state index contributed by atoms with van der Waals surface area (Å²) < 4.78 is 11.0. The number of aromatic nitrogens is 1. The Morgan fingerprint density at radius 3 is 2.42 bits per heavy atom. The molecule has 2 amide bonds. The smallest absolute Gasteiger partial charge is 0.305 e. The molecule has 1 saturated heterocycles. The number of H-pyrrole nitrogens is 1. The second kappa shape index (κ2) is 9.15. The summed E-state index contributed by atoms with van der Waals surface area (Å²) in [6.45, 7) is 3.73. The number of carbonyl (C=O) groups is 3. The maximum Gasteiger partial charge on any atom is 0.305 e. The average molecular weight is 558 g/mol. The number of hydrogen-bond acceptors (Lipinski definition) is 9. The van der Waals surface area contributed by atoms with Crippen LogP contribution in [0.4, 0.5) is 0 Å². The number of benzene rings is 1. The summed E-state index contributed by atoms with van der Waals surface area (Å²) in [5.74, 6) is -2.43. The molecular weight excluding hydrogens is 528 g/mol. The van der Waals surface area contributed by atoms with Crippen molar-refractivity contribution >= 4 is 40.9 Å². The summed E-state index contributed by atoms with van der Waals surface area (Å²) >= 11 is 2.78. The Morgan fingerprint density at radius 2 is 1.79 bits per heavy atom. The van der Waals surface area contributed by atoms with Gasteiger partial charge < -0.3 is 24.4 Å². The van der Waals surface area contributed by atoms with E-state index in [4.69, 9.17) is 9.47 Å². The number of aromatic amines is 1. The van der Waals surface area contributed by atoms with E-state index in [0.29, 0.717) is 11.5 Å². The zero-order chi connectivity index (χ0) is 27.0. The summed E-state index contributed by atoms with van der Waals surface area (Å²) in [5.41, 5.74) is 0.958. The van der Waals surface area contributed by atoms with Crippen LogP contribution in [0.5, 0.6) is 11.5 Å². The third-order valence-electron chi connectivity index (χ3n) is 8.80. The van der Waals surface area contributed by atoms with Gasteiger partial charge in [-0.15, -0.1) is 11.8 Å². The average Bonchev–Trinajstić information content (AvgIpc) is 3.61. The van der Waals surface area contributed by atoms with Crippen LogP contribution in [0.3, 0.4) is 0 Å². The van der Waals surface area contributed by atoms with Gasteiger partial charge in [-0.3, -0.25) is 19.3 Å². The monoisotopic (exact) mass is 557 g/mol. The number of carboxylic acid groups (broad SMARTS) is 1. The lowest BCUT2D eigenvalue weighted by Crippen LogP contribution is -2.52. The molecule has 11 heteroatoms. The van der Waals surface area contributed by atoms with Gasteiger partial charge in [-0.25, -0.2) is 0 Å². The number of carboxylic acids is 1. The zero-order valence-corrected chi connectivity index (χ0v) is 23.1. The Labute approximate surface area is 227 Å². The molecule has 0 spiro atoms. The van der Waals surface area contributed by atoms with Crippen LogP contribution >= 0.6 is 23.1 Å². The van der Waals surface area contributed by atoms with Crippen molar-refractivity contribution in [1.29, 1.82) is 0 Å². The lowest BCUT2D eigenvalue weighted by atomic mass is 9.68. The van der Waals surface area contributed by atoms with Crippen LogP contribution in [-0.4, -0.2) is 53.2 Å². The van der Waals surface area contributed by atoms with Gasteiger partial charge in [0.2, 0.25) is 11.8 Å². The largest absolute Gasteiger partial charge is 0.548 e. The van der Waals surface area contributed by atoms with Crippen LogP contribution < -0.4 is 19.5 Å². The van der Waals surface area contributed by atoms with Crippen LogP contribution in [0.2, 0.25) is 0 Å². The van der Waals surface area contributed by atoms with Crippen molar-refractivity contribution in [1.82, 2.24) is 9.88 Å². The number of aliphatic carboxylic acids is 1. The van der Waals surface area contributed by atoms with Gasteiger partial charge in [0.15, 0.2) is 11.5 Å². The fourth-order valence-corrected chi connectivity index (χ4v) is 10.4. The maximum atomic E-state index is 13.8. The minimum atomic E-state index is -1.39. The van der Waals surface area contributed by atoms with Gasteiger partial charge in [-0.1, -0.05) is 31.3 Å². The van der Waals surface area contributed by atoms with Gasteiger partial charge in [0, 0.05) is 16.0 Å². The normalized spacial score (nSPS) is 31.8. The molecular formula is C27H29N2O7S2-. The molecule has 8 atom stereocenters. The number of likely N-dealkylation sites (tertiary alicyclic amines) is 1. The van der Waals surface area contributed by atoms with Crippen molar-refractivity contribution in [2.45, 2.75) is 48.9 Å². The third kappa shape index (κ3) is 3.57. The number of imide groups is 1. The van der Waals surface area contributed by atoms with Crippen molar-refractivity contribution in [3.8, 4) is 11.5 Å². The fourth-order valence-electron chi connectivity index (χ4n) is 7.52. The van der Waals surface area contributed by atoms with Gasteiger partial charge in [-0.05, 0) is 54.2 Å². The number of nitrogens with one attached hydrogen (secondary N) is 1. The minimum absolute atomic E-state index is 0.00602. The molecule has 3 fully saturated rings. The first-order valence-corrected chi connectivity index (χ1v) is 14.5. The molecule has 1 aromatic heterocycles. The number of thioether (sulfide) groups is 1. The molecule has 9 nitrogen and oxygen atoms in total. The van der Waals surface area contributed by atoms with E-state index in [1.807, 2.05) is 32.0 Å². The Hall–Kier alpha value is -2.79. The lowest BCUT2D eigenvalue weighted by Gasteiger charge is -2.43. The van der Waals surface area contributed by atoms with Gasteiger partial charge in [-0.2, -0.15) is 0 Å². The number of fused-ring (bicyclic) bond motifs is 9. The summed E-state index contributed by atoms with van der Waals surface area (Å²) in [6.07, 6.45) is 0.898. The first-order chi connectivity index (χ1) is 18.2. The maximum absolute atomic E-state index is 13.8. The van der Waals surface area contributed by atoms with E-state index >= 15 is 0 Å². The molecule has 3 heterocycles. The number of rotatable bonds is 7. The number of thiazole rings is 1. The van der Waals surface area contributed by atoms with Crippen LogP contribution in [0, 0.1) is 35.5 Å². The Kier molecular flexibility index (Phi) is 6.14. The number of carbonyl (C=O) groups excluding carboxylic acids is 3. The summed E-state index contributed by atoms with van der Waals surface area (Å²) in [5, 5.41) is 12.9. The number of amides is 2. The lowest BCUT2D eigenvalue weighted by molar-refractivity contribution is -0.311. The quantitative estimate of drug-likeness (QED) is 0.513.